The molecule has 0 saturated heterocycles. The minimum Gasteiger partial charge on any atom is -0.478 e. The fourth-order valence-electron chi connectivity index (χ4n) is 17.0. The van der Waals surface area contributed by atoms with E-state index < -0.39 is 5.97 Å². The molecule has 0 fully saturated rings. The number of carboxylic acids is 1. The summed E-state index contributed by atoms with van der Waals surface area (Å²) >= 11 is 0. The molecule has 654 valence electrons. The number of fused-ring (bicyclic) bond motifs is 6. The number of hydrogen-bond acceptors (Lipinski definition) is 15. The number of Topliss-reactive ketones (excluding diaryl/α,β-unsaturated/α-hetero) is 6. The smallest absolute Gasteiger partial charge is 0.337 e. The first kappa shape index (κ1) is 90.1. The van der Waals surface area contributed by atoms with E-state index in [-0.39, 0.29) is 75.9 Å². The van der Waals surface area contributed by atoms with Crippen molar-refractivity contribution < 1.29 is 62.6 Å². The number of amides is 3. The van der Waals surface area contributed by atoms with E-state index in [2.05, 4.69) is 20.7 Å². The summed E-state index contributed by atoms with van der Waals surface area (Å²) in [6.07, 6.45) is 11.1. The molecule has 0 aromatic heterocycles. The van der Waals surface area contributed by atoms with Crippen LogP contribution in [0.5, 0.6) is 0 Å². The highest BCUT2D eigenvalue weighted by molar-refractivity contribution is 6.17. The number of carbonyl (C=O) groups is 11. The first-order chi connectivity index (χ1) is 64.1. The number of nitrogens with one attached hydrogen (secondary N) is 3. The topological polar surface area (TPSA) is 331 Å². The second-order valence-electron chi connectivity index (χ2n) is 32.9. The molecule has 0 aliphatic heterocycles. The summed E-state index contributed by atoms with van der Waals surface area (Å²) in [5, 5.41) is 17.3. The molecule has 19 nitrogen and oxygen atoms in total. The summed E-state index contributed by atoms with van der Waals surface area (Å²) in [6, 6.07) is 104. The fourth-order valence-corrected chi connectivity index (χ4v) is 17.0. The number of ether oxygens (including phenoxy) is 1. The summed E-state index contributed by atoms with van der Waals surface area (Å²) < 4.78 is 4.68. The quantitative estimate of drug-likeness (QED) is 0.0268. The summed E-state index contributed by atoms with van der Waals surface area (Å²) in [5.41, 5.74) is 41.5. The van der Waals surface area contributed by atoms with Crippen molar-refractivity contribution >= 4 is 111 Å². The number of rotatable bonds is 16. The van der Waals surface area contributed by atoms with Gasteiger partial charge in [0, 0.05) is 98.2 Å². The van der Waals surface area contributed by atoms with Crippen molar-refractivity contribution in [2.75, 3.05) is 40.3 Å². The summed E-state index contributed by atoms with van der Waals surface area (Å²) in [7, 11) is 1.37. The molecule has 0 saturated carbocycles. The van der Waals surface area contributed by atoms with Gasteiger partial charge in [0.15, 0.2) is 34.7 Å². The van der Waals surface area contributed by atoms with Gasteiger partial charge in [-0.05, 0) is 215 Å². The van der Waals surface area contributed by atoms with Crippen molar-refractivity contribution in [3.8, 4) is 0 Å². The molecule has 3 amide bonds. The molecule has 3 atom stereocenters. The van der Waals surface area contributed by atoms with Crippen LogP contribution >= 0.6 is 0 Å². The Morgan fingerprint density at radius 3 is 0.909 bits per heavy atom. The second-order valence-corrected chi connectivity index (χ2v) is 32.9. The number of aryl methyl sites for hydroxylation is 1. The average molecular weight is 1740 g/mol. The van der Waals surface area contributed by atoms with Crippen molar-refractivity contribution in [2.45, 2.75) is 64.2 Å². The third-order valence-corrected chi connectivity index (χ3v) is 24.1. The first-order valence-corrected chi connectivity index (χ1v) is 43.5. The van der Waals surface area contributed by atoms with E-state index in [4.69, 9.17) is 22.3 Å². The molecule has 19 heteroatoms. The maximum absolute atomic E-state index is 12.5. The monoisotopic (exact) mass is 1740 g/mol. The van der Waals surface area contributed by atoms with Gasteiger partial charge in [-0.2, -0.15) is 0 Å². The molecule has 6 aliphatic carbocycles. The van der Waals surface area contributed by atoms with Crippen LogP contribution < -0.4 is 33.2 Å². The van der Waals surface area contributed by atoms with Crippen LogP contribution in [-0.4, -0.2) is 76.6 Å². The lowest BCUT2D eigenvalue weighted by Gasteiger charge is -2.10. The van der Waals surface area contributed by atoms with E-state index in [1.165, 1.54) is 12.7 Å². The number of nitrogen functional groups attached to an aromatic ring is 3. The first-order valence-electron chi connectivity index (χ1n) is 43.5. The lowest BCUT2D eigenvalue weighted by atomic mass is 9.95. The number of esters is 1. The lowest BCUT2D eigenvalue weighted by Crippen LogP contribution is -2.14. The number of ketones is 6. The Bertz CT molecular complexity index is 6670. The van der Waals surface area contributed by atoms with Crippen molar-refractivity contribution in [3.63, 3.8) is 0 Å². The van der Waals surface area contributed by atoms with Gasteiger partial charge in [0.2, 0.25) is 0 Å². The molecule has 20 rings (SSSR count). The van der Waals surface area contributed by atoms with Gasteiger partial charge in [0.1, 0.15) is 0 Å². The molecular weight excluding hydrogens is 1650 g/mol. The number of aromatic carboxylic acids is 1. The van der Waals surface area contributed by atoms with E-state index in [0.29, 0.717) is 101 Å². The predicted molar refractivity (Wildman–Crippen MR) is 516 cm³/mol. The average Bonchev–Trinajstić information content (AvgIpc) is 1.69. The minimum absolute atomic E-state index is 0.00590. The van der Waals surface area contributed by atoms with Gasteiger partial charge in [-0.3, -0.25) is 43.2 Å². The third kappa shape index (κ3) is 21.9. The summed E-state index contributed by atoms with van der Waals surface area (Å²) in [5.74, 6) is -0.876. The molecule has 3 unspecified atom stereocenters. The van der Waals surface area contributed by atoms with E-state index in [9.17, 15) is 52.7 Å². The van der Waals surface area contributed by atoms with E-state index in [0.717, 1.165) is 126 Å². The van der Waals surface area contributed by atoms with Gasteiger partial charge >= 0.3 is 11.9 Å². The van der Waals surface area contributed by atoms with Crippen LogP contribution in [0.1, 0.15) is 182 Å². The largest absolute Gasteiger partial charge is 0.478 e. The van der Waals surface area contributed by atoms with Crippen LogP contribution in [0.25, 0.3) is 12.2 Å². The van der Waals surface area contributed by atoms with Gasteiger partial charge < -0.3 is 43.0 Å². The Hall–Kier alpha value is -16.7. The number of para-hydroxylation sites is 6. The normalized spacial score (nSPS) is 15.4. The number of anilines is 6. The standard InChI is InChI=1S/2C23H20N2O2.C23H18N2O2.C18H16O3.C17H12O3.C9H8O/c3*24-20-7-3-4-8-21(20)25-23(27)16-11-9-15(10-12-16)13-18-14-17-5-1-2-6-19(17)22(18)26;1-21-18(20)13-8-6-12(7-9-13)10-15-11-14-4-2-3-5-16(14)17(15)19;18-16-14(10-13-3-1-2-4-15(13)16)9-11-5-7-12(8-6-11)17(19)20;10-9-6-5-7-3-1-2-4-8(7)9/h2*1-12,18H,13-14,24H2,(H,25,27);1-13H,14,24H2,(H,25,27);2-9,15H,10-11H2,1H3;1-9H,10H2,(H,19,20);1-4H,5-6H2/b;;18-13-;;14-9-;. The molecule has 0 radical (unpaired) electrons. The number of nitrogens with two attached hydrogens (primary N) is 3. The predicted octanol–water partition coefficient (Wildman–Crippen LogP) is 20.7. The van der Waals surface area contributed by atoms with Crippen molar-refractivity contribution in [2.24, 2.45) is 17.8 Å². The van der Waals surface area contributed by atoms with Crippen molar-refractivity contribution in [1.82, 2.24) is 0 Å². The number of benzene rings is 14. The Kier molecular flexibility index (Phi) is 28.6. The van der Waals surface area contributed by atoms with Crippen molar-refractivity contribution in [1.29, 1.82) is 0 Å². The minimum atomic E-state index is -0.950. The molecule has 132 heavy (non-hydrogen) atoms. The van der Waals surface area contributed by atoms with E-state index in [1.54, 1.807) is 109 Å². The lowest BCUT2D eigenvalue weighted by molar-refractivity contribution is 0.0598. The second kappa shape index (κ2) is 41.8. The Morgan fingerprint density at radius 1 is 0.318 bits per heavy atom. The van der Waals surface area contributed by atoms with Gasteiger partial charge in [0.05, 0.1) is 52.4 Å². The molecule has 14 aromatic rings. The Labute approximate surface area is 764 Å². The van der Waals surface area contributed by atoms with E-state index >= 15 is 0 Å². The van der Waals surface area contributed by atoms with Gasteiger partial charge in [0.25, 0.3) is 17.7 Å². The maximum Gasteiger partial charge on any atom is 0.337 e. The number of methoxy groups -OCH3 is 1. The van der Waals surface area contributed by atoms with Crippen LogP contribution in [-0.2, 0) is 62.5 Å². The SMILES string of the molecule is COC(=O)c1ccc(CC2Cc3ccccc3C2=O)cc1.Nc1ccccc1NC(=O)c1ccc(/C=C2/Cc3ccccc3C2=O)cc1.Nc1ccccc1NC(=O)c1ccc(CC2Cc3ccccc3C2=O)cc1.Nc1ccccc1NC(=O)c1ccc(CC2Cc3ccccc3C2=O)cc1.O=C(O)c1ccc(/C=C2/Cc3ccccc3C2=O)cc1.O=C1CCc2ccccc21. The maximum atomic E-state index is 12.5. The number of carbonyl (C=O) groups excluding carboxylic acids is 10. The summed E-state index contributed by atoms with van der Waals surface area (Å²) in [6.45, 7) is 0. The van der Waals surface area contributed by atoms with Crippen LogP contribution in [0.4, 0.5) is 34.1 Å². The highest BCUT2D eigenvalue weighted by Gasteiger charge is 2.34. The molecular formula is C113H94N6O13. The molecule has 10 N–H and O–H groups in total. The van der Waals surface area contributed by atoms with Crippen LogP contribution in [0.3, 0.4) is 0 Å². The van der Waals surface area contributed by atoms with Gasteiger partial charge in [-0.25, -0.2) is 9.59 Å². The molecule has 0 heterocycles. The zero-order valence-corrected chi connectivity index (χ0v) is 72.4. The molecule has 0 bridgehead atoms. The highest BCUT2D eigenvalue weighted by Crippen LogP contribution is 2.36. The van der Waals surface area contributed by atoms with Crippen molar-refractivity contribution in [3.05, 3.63) is 473 Å². The molecule has 0 spiro atoms. The zero-order valence-electron chi connectivity index (χ0n) is 72.4. The summed E-state index contributed by atoms with van der Waals surface area (Å²) in [4.78, 5) is 133. The Morgan fingerprint density at radius 2 is 0.598 bits per heavy atom. The third-order valence-electron chi connectivity index (χ3n) is 24.1. The van der Waals surface area contributed by atoms with Gasteiger partial charge in [-0.1, -0.05) is 243 Å². The van der Waals surface area contributed by atoms with Crippen LogP contribution in [0.15, 0.2) is 351 Å². The number of hydrogen-bond donors (Lipinski definition) is 7. The highest BCUT2D eigenvalue weighted by atomic mass is 16.5. The van der Waals surface area contributed by atoms with Crippen LogP contribution in [0.2, 0.25) is 0 Å². The number of carboxylic acid groups (broad SMARTS) is 1. The Balaban J connectivity index is 0.000000123. The molecule has 14 aromatic carbocycles. The van der Waals surface area contributed by atoms with E-state index in [1.807, 2.05) is 243 Å². The zero-order chi connectivity index (χ0) is 92.3. The van der Waals surface area contributed by atoms with Gasteiger partial charge in [-0.15, -0.1) is 0 Å². The molecule has 6 aliphatic rings. The number of allylic oxidation sites excluding steroid dienone is 2. The van der Waals surface area contributed by atoms with Crippen LogP contribution in [0, 0.1) is 17.8 Å². The fraction of sp³-hybridized carbons (Fsp3) is 0.124.